The van der Waals surface area contributed by atoms with Crippen LogP contribution in [0.3, 0.4) is 0 Å². The summed E-state index contributed by atoms with van der Waals surface area (Å²) in [5, 5.41) is 7.02. The van der Waals surface area contributed by atoms with E-state index in [4.69, 9.17) is 16.3 Å². The summed E-state index contributed by atoms with van der Waals surface area (Å²) in [6, 6.07) is 4.93. The predicted octanol–water partition coefficient (Wildman–Crippen LogP) is 4.18. The molecule has 0 saturated heterocycles. The number of aryl methyl sites for hydroxylation is 1. The number of nitrogens with zero attached hydrogens (tertiary/aromatic N) is 3. The fraction of sp³-hybridized carbons (Fsp3) is 0.0714. The SMILES string of the molecule is Cn1cc(-c2nc(C(=O)Oc3ccc(Cl)cc3Br)cs2)cn1. The molecule has 0 bridgehead atoms. The van der Waals surface area contributed by atoms with E-state index in [2.05, 4.69) is 26.0 Å². The maximum Gasteiger partial charge on any atom is 0.363 e. The lowest BCUT2D eigenvalue weighted by Gasteiger charge is -2.04. The van der Waals surface area contributed by atoms with Crippen LogP contribution < -0.4 is 4.74 Å². The number of ether oxygens (including phenoxy) is 1. The molecular formula is C14H9BrClN3O2S. The molecule has 0 spiro atoms. The highest BCUT2D eigenvalue weighted by molar-refractivity contribution is 9.10. The first-order valence-corrected chi connectivity index (χ1v) is 8.20. The van der Waals surface area contributed by atoms with Gasteiger partial charge >= 0.3 is 5.97 Å². The number of halogens is 2. The molecule has 0 amide bonds. The maximum atomic E-state index is 12.1. The summed E-state index contributed by atoms with van der Waals surface area (Å²) < 4.78 is 7.61. The topological polar surface area (TPSA) is 57.0 Å². The smallest absolute Gasteiger partial charge is 0.363 e. The van der Waals surface area contributed by atoms with Gasteiger partial charge in [0, 0.05) is 29.2 Å². The number of benzene rings is 1. The number of aromatic nitrogens is 3. The molecule has 0 aliphatic rings. The molecule has 0 unspecified atom stereocenters. The average molecular weight is 399 g/mol. The van der Waals surface area contributed by atoms with Gasteiger partial charge < -0.3 is 4.74 Å². The Morgan fingerprint density at radius 2 is 2.27 bits per heavy atom. The van der Waals surface area contributed by atoms with E-state index < -0.39 is 5.97 Å². The number of carbonyl (C=O) groups excluding carboxylic acids is 1. The van der Waals surface area contributed by atoms with E-state index in [1.165, 1.54) is 11.3 Å². The molecule has 3 rings (SSSR count). The molecule has 2 heterocycles. The second-order valence-electron chi connectivity index (χ2n) is 4.40. The van der Waals surface area contributed by atoms with Gasteiger partial charge in [-0.3, -0.25) is 4.68 Å². The second-order valence-corrected chi connectivity index (χ2v) is 6.55. The third-order valence-corrected chi connectivity index (χ3v) is 4.51. The standard InChI is InChI=1S/C14H9BrClN3O2S/c1-19-6-8(5-17-19)13-18-11(7-22-13)14(20)21-12-3-2-9(16)4-10(12)15/h2-7H,1H3. The highest BCUT2D eigenvalue weighted by Gasteiger charge is 2.16. The van der Waals surface area contributed by atoms with E-state index in [0.717, 1.165) is 10.6 Å². The van der Waals surface area contributed by atoms with Crippen molar-refractivity contribution in [2.45, 2.75) is 0 Å². The van der Waals surface area contributed by atoms with Gasteiger partial charge in [-0.15, -0.1) is 11.3 Å². The Hall–Kier alpha value is -1.70. The highest BCUT2D eigenvalue weighted by atomic mass is 79.9. The lowest BCUT2D eigenvalue weighted by molar-refractivity contribution is 0.0728. The zero-order chi connectivity index (χ0) is 15.7. The number of esters is 1. The Morgan fingerprint density at radius 3 is 2.95 bits per heavy atom. The molecule has 0 atom stereocenters. The van der Waals surface area contributed by atoms with Crippen LogP contribution in [0, 0.1) is 0 Å². The predicted molar refractivity (Wildman–Crippen MR) is 88.4 cm³/mol. The van der Waals surface area contributed by atoms with Crippen LogP contribution in [-0.2, 0) is 7.05 Å². The number of rotatable bonds is 3. The molecule has 8 heteroatoms. The Kier molecular flexibility index (Phi) is 4.28. The molecule has 0 fully saturated rings. The zero-order valence-corrected chi connectivity index (χ0v) is 14.4. The Balaban J connectivity index is 1.79. The van der Waals surface area contributed by atoms with Crippen molar-refractivity contribution in [3.8, 4) is 16.3 Å². The van der Waals surface area contributed by atoms with Gasteiger partial charge in [-0.05, 0) is 34.1 Å². The van der Waals surface area contributed by atoms with Crippen LogP contribution in [0.4, 0.5) is 0 Å². The molecule has 5 nitrogen and oxygen atoms in total. The van der Waals surface area contributed by atoms with Gasteiger partial charge in [0.2, 0.25) is 0 Å². The van der Waals surface area contributed by atoms with Crippen molar-refractivity contribution < 1.29 is 9.53 Å². The number of hydrogen-bond acceptors (Lipinski definition) is 5. The first-order valence-electron chi connectivity index (χ1n) is 6.15. The van der Waals surface area contributed by atoms with Crippen molar-refractivity contribution in [3.63, 3.8) is 0 Å². The van der Waals surface area contributed by atoms with Gasteiger partial charge in [-0.2, -0.15) is 5.10 Å². The maximum absolute atomic E-state index is 12.1. The number of hydrogen-bond donors (Lipinski definition) is 0. The van der Waals surface area contributed by atoms with E-state index >= 15 is 0 Å². The summed E-state index contributed by atoms with van der Waals surface area (Å²) in [5.41, 5.74) is 1.12. The summed E-state index contributed by atoms with van der Waals surface area (Å²) >= 11 is 10.5. The normalized spacial score (nSPS) is 10.7. The highest BCUT2D eigenvalue weighted by Crippen LogP contribution is 2.29. The van der Waals surface area contributed by atoms with Gasteiger partial charge in [0.05, 0.1) is 10.7 Å². The van der Waals surface area contributed by atoms with Crippen LogP contribution in [0.1, 0.15) is 10.5 Å². The molecule has 1 aromatic carbocycles. The summed E-state index contributed by atoms with van der Waals surface area (Å²) in [4.78, 5) is 16.4. The van der Waals surface area contributed by atoms with Crippen LogP contribution in [0.25, 0.3) is 10.6 Å². The van der Waals surface area contributed by atoms with Gasteiger partial charge in [0.25, 0.3) is 0 Å². The Morgan fingerprint density at radius 1 is 1.45 bits per heavy atom. The molecular weight excluding hydrogens is 390 g/mol. The van der Waals surface area contributed by atoms with Crippen molar-refractivity contribution in [3.05, 3.63) is 51.2 Å². The molecule has 0 aliphatic heterocycles. The average Bonchev–Trinajstić information content (AvgIpc) is 3.10. The quantitative estimate of drug-likeness (QED) is 0.490. The Labute approximate surface area is 143 Å². The van der Waals surface area contributed by atoms with Crippen molar-refractivity contribution in [1.82, 2.24) is 14.8 Å². The van der Waals surface area contributed by atoms with Crippen molar-refractivity contribution >= 4 is 44.8 Å². The van der Waals surface area contributed by atoms with E-state index in [1.54, 1.807) is 34.5 Å². The first kappa shape index (κ1) is 15.2. The minimum Gasteiger partial charge on any atom is -0.421 e. The molecule has 0 radical (unpaired) electrons. The minimum absolute atomic E-state index is 0.255. The van der Waals surface area contributed by atoms with Crippen LogP contribution >= 0.6 is 38.9 Å². The lowest BCUT2D eigenvalue weighted by Crippen LogP contribution is -2.09. The van der Waals surface area contributed by atoms with Gasteiger partial charge in [0.15, 0.2) is 5.69 Å². The Bertz CT molecular complexity index is 846. The molecule has 22 heavy (non-hydrogen) atoms. The molecule has 0 aliphatic carbocycles. The summed E-state index contributed by atoms with van der Waals surface area (Å²) in [7, 11) is 1.82. The van der Waals surface area contributed by atoms with E-state index in [1.807, 2.05) is 13.2 Å². The number of thiazole rings is 1. The summed E-state index contributed by atoms with van der Waals surface area (Å²) in [5.74, 6) is -0.125. The van der Waals surface area contributed by atoms with Crippen LogP contribution in [-0.4, -0.2) is 20.7 Å². The fourth-order valence-corrected chi connectivity index (χ4v) is 3.27. The van der Waals surface area contributed by atoms with Gasteiger partial charge in [0.1, 0.15) is 10.8 Å². The van der Waals surface area contributed by atoms with E-state index in [0.29, 0.717) is 15.2 Å². The summed E-state index contributed by atoms with van der Waals surface area (Å²) in [6.07, 6.45) is 3.54. The van der Waals surface area contributed by atoms with Gasteiger partial charge in [-0.1, -0.05) is 11.6 Å². The lowest BCUT2D eigenvalue weighted by atomic mass is 10.3. The molecule has 2 aromatic heterocycles. The fourth-order valence-electron chi connectivity index (χ4n) is 1.74. The molecule has 112 valence electrons. The van der Waals surface area contributed by atoms with Crippen LogP contribution in [0.15, 0.2) is 40.4 Å². The van der Waals surface area contributed by atoms with Crippen molar-refractivity contribution in [1.29, 1.82) is 0 Å². The van der Waals surface area contributed by atoms with Crippen LogP contribution in [0.5, 0.6) is 5.75 Å². The first-order chi connectivity index (χ1) is 10.5. The largest absolute Gasteiger partial charge is 0.421 e. The third-order valence-electron chi connectivity index (χ3n) is 2.76. The second kappa shape index (κ2) is 6.20. The van der Waals surface area contributed by atoms with Crippen LogP contribution in [0.2, 0.25) is 5.02 Å². The monoisotopic (exact) mass is 397 g/mol. The minimum atomic E-state index is -0.519. The van der Waals surface area contributed by atoms with Crippen molar-refractivity contribution in [2.75, 3.05) is 0 Å². The summed E-state index contributed by atoms with van der Waals surface area (Å²) in [6.45, 7) is 0. The molecule has 0 N–H and O–H groups in total. The van der Waals surface area contributed by atoms with E-state index in [-0.39, 0.29) is 5.69 Å². The van der Waals surface area contributed by atoms with E-state index in [9.17, 15) is 4.79 Å². The molecule has 3 aromatic rings. The zero-order valence-electron chi connectivity index (χ0n) is 11.3. The molecule has 0 saturated carbocycles. The third kappa shape index (κ3) is 3.21. The number of carbonyl (C=O) groups is 1. The van der Waals surface area contributed by atoms with Crippen molar-refractivity contribution in [2.24, 2.45) is 7.05 Å². The van der Waals surface area contributed by atoms with Gasteiger partial charge in [-0.25, -0.2) is 9.78 Å².